The van der Waals surface area contributed by atoms with E-state index in [1.807, 2.05) is 13.1 Å². The van der Waals surface area contributed by atoms with Gasteiger partial charge >= 0.3 is 0 Å². The molecular formula is C16H18BrF2NS. The summed E-state index contributed by atoms with van der Waals surface area (Å²) in [6.07, 6.45) is 3.26. The van der Waals surface area contributed by atoms with Gasteiger partial charge in [0.15, 0.2) is 0 Å². The molecule has 0 saturated carbocycles. The number of thiophene rings is 1. The van der Waals surface area contributed by atoms with Gasteiger partial charge in [-0.3, -0.25) is 0 Å². The monoisotopic (exact) mass is 373 g/mol. The highest BCUT2D eigenvalue weighted by Crippen LogP contribution is 2.23. The molecule has 1 aromatic heterocycles. The van der Waals surface area contributed by atoms with Crippen LogP contribution >= 0.6 is 27.3 Å². The van der Waals surface area contributed by atoms with Gasteiger partial charge in [-0.2, -0.15) is 0 Å². The maximum atomic E-state index is 14.0. The molecule has 0 bridgehead atoms. The molecule has 1 N–H and O–H groups in total. The van der Waals surface area contributed by atoms with Crippen molar-refractivity contribution in [2.45, 2.75) is 31.7 Å². The summed E-state index contributed by atoms with van der Waals surface area (Å²) in [6, 6.07) is 6.94. The van der Waals surface area contributed by atoms with E-state index < -0.39 is 11.6 Å². The Morgan fingerprint density at radius 2 is 2.10 bits per heavy atom. The normalized spacial score (nSPS) is 12.6. The molecule has 1 nitrogen and oxygen atoms in total. The average Bonchev–Trinajstić information content (AvgIpc) is 2.99. The molecule has 0 aliphatic rings. The predicted octanol–water partition coefficient (Wildman–Crippen LogP) is 4.94. The van der Waals surface area contributed by atoms with Crippen molar-refractivity contribution in [3.8, 4) is 0 Å². The van der Waals surface area contributed by atoms with Crippen molar-refractivity contribution in [2.24, 2.45) is 0 Å². The van der Waals surface area contributed by atoms with Crippen LogP contribution in [0.15, 0.2) is 34.1 Å². The number of rotatable bonds is 7. The van der Waals surface area contributed by atoms with Crippen molar-refractivity contribution in [3.63, 3.8) is 0 Å². The molecule has 1 heterocycles. The van der Waals surface area contributed by atoms with Crippen molar-refractivity contribution in [1.29, 1.82) is 0 Å². The summed E-state index contributed by atoms with van der Waals surface area (Å²) in [4.78, 5) is 1.35. The Bertz CT molecular complexity index is 572. The second kappa shape index (κ2) is 8.01. The summed E-state index contributed by atoms with van der Waals surface area (Å²) in [5.74, 6) is -0.970. The summed E-state index contributed by atoms with van der Waals surface area (Å²) < 4.78 is 28.1. The fourth-order valence-electron chi connectivity index (χ4n) is 2.33. The number of aryl methyl sites for hydroxylation is 1. The molecule has 0 aliphatic carbocycles. The van der Waals surface area contributed by atoms with Gasteiger partial charge < -0.3 is 5.32 Å². The van der Waals surface area contributed by atoms with E-state index in [-0.39, 0.29) is 11.6 Å². The zero-order valence-corrected chi connectivity index (χ0v) is 14.2. The van der Waals surface area contributed by atoms with Gasteiger partial charge in [0, 0.05) is 16.5 Å². The van der Waals surface area contributed by atoms with Crippen LogP contribution in [0.5, 0.6) is 0 Å². The van der Waals surface area contributed by atoms with Crippen molar-refractivity contribution >= 4 is 27.3 Å². The number of halogens is 3. The van der Waals surface area contributed by atoms with Gasteiger partial charge in [-0.15, -0.1) is 11.3 Å². The Labute approximate surface area is 136 Å². The number of benzene rings is 1. The lowest BCUT2D eigenvalue weighted by atomic mass is 10.00. The second-order valence-electron chi connectivity index (χ2n) is 4.98. The molecule has 2 rings (SSSR count). The Morgan fingerprint density at radius 1 is 1.29 bits per heavy atom. The molecule has 21 heavy (non-hydrogen) atoms. The minimum atomic E-state index is -0.492. The highest BCUT2D eigenvalue weighted by molar-refractivity contribution is 9.10. The molecule has 0 aliphatic heterocycles. The first-order chi connectivity index (χ1) is 10.1. The molecule has 0 fully saturated rings. The quantitative estimate of drug-likeness (QED) is 0.677. The van der Waals surface area contributed by atoms with E-state index in [1.54, 1.807) is 11.3 Å². The van der Waals surface area contributed by atoms with Gasteiger partial charge in [-0.05, 0) is 72.2 Å². The lowest BCUT2D eigenvalue weighted by Gasteiger charge is -2.17. The molecule has 5 heteroatoms. The average molecular weight is 374 g/mol. The van der Waals surface area contributed by atoms with Crippen molar-refractivity contribution in [2.75, 3.05) is 7.05 Å². The van der Waals surface area contributed by atoms with Crippen LogP contribution in [0.3, 0.4) is 0 Å². The summed E-state index contributed by atoms with van der Waals surface area (Å²) in [5.41, 5.74) is 0.153. The first kappa shape index (κ1) is 16.6. The number of likely N-dealkylation sites (N-methyl/N-ethyl adjacent to an activating group) is 1. The third-order valence-electron chi connectivity index (χ3n) is 3.55. The summed E-state index contributed by atoms with van der Waals surface area (Å²) in [5, 5.41) is 5.23. The molecule has 2 aromatic rings. The highest BCUT2D eigenvalue weighted by Gasteiger charge is 2.16. The van der Waals surface area contributed by atoms with Crippen LogP contribution in [0, 0.1) is 11.6 Å². The van der Waals surface area contributed by atoms with Crippen LogP contribution in [0.25, 0.3) is 0 Å². The van der Waals surface area contributed by atoms with Crippen LogP contribution in [0.2, 0.25) is 0 Å². The van der Waals surface area contributed by atoms with Gasteiger partial charge in [-0.25, -0.2) is 8.78 Å². The topological polar surface area (TPSA) is 12.0 Å². The Hall–Kier alpha value is -0.780. The third kappa shape index (κ3) is 4.59. The number of nitrogens with one attached hydrogen (secondary N) is 1. The molecule has 1 unspecified atom stereocenters. The van der Waals surface area contributed by atoms with Crippen LogP contribution in [-0.2, 0) is 12.8 Å². The maximum Gasteiger partial charge on any atom is 0.143 e. The van der Waals surface area contributed by atoms with Gasteiger partial charge in [-0.1, -0.05) is 6.07 Å². The van der Waals surface area contributed by atoms with E-state index in [1.165, 1.54) is 17.0 Å². The number of hydrogen-bond donors (Lipinski definition) is 1. The fraction of sp³-hybridized carbons (Fsp3) is 0.375. The molecule has 0 saturated heterocycles. The van der Waals surface area contributed by atoms with E-state index >= 15 is 0 Å². The van der Waals surface area contributed by atoms with E-state index in [2.05, 4.69) is 32.7 Å². The van der Waals surface area contributed by atoms with Crippen molar-refractivity contribution < 1.29 is 8.78 Å². The molecule has 1 atom stereocenters. The van der Waals surface area contributed by atoms with E-state index in [9.17, 15) is 8.78 Å². The first-order valence-corrected chi connectivity index (χ1v) is 8.61. The molecule has 0 amide bonds. The van der Waals surface area contributed by atoms with Crippen LogP contribution in [0.4, 0.5) is 8.78 Å². The Balaban J connectivity index is 1.94. The second-order valence-corrected chi connectivity index (χ2v) is 6.87. The van der Waals surface area contributed by atoms with E-state index in [4.69, 9.17) is 0 Å². The van der Waals surface area contributed by atoms with Crippen LogP contribution in [-0.4, -0.2) is 13.1 Å². The molecule has 0 radical (unpaired) electrons. The summed E-state index contributed by atoms with van der Waals surface area (Å²) >= 11 is 4.86. The zero-order chi connectivity index (χ0) is 15.2. The fourth-order valence-corrected chi connectivity index (χ4v) is 3.45. The molecule has 114 valence electrons. The molecule has 0 spiro atoms. The van der Waals surface area contributed by atoms with Crippen LogP contribution in [0.1, 0.15) is 23.3 Å². The largest absolute Gasteiger partial charge is 0.317 e. The van der Waals surface area contributed by atoms with Gasteiger partial charge in [0.1, 0.15) is 11.6 Å². The number of hydrogen-bond acceptors (Lipinski definition) is 2. The molecular weight excluding hydrogens is 356 g/mol. The van der Waals surface area contributed by atoms with Crippen molar-refractivity contribution in [1.82, 2.24) is 5.32 Å². The Kier molecular flexibility index (Phi) is 6.33. The SMILES string of the molecule is CNC(CCCc1cccs1)Cc1c(F)ccc(Br)c1F. The van der Waals surface area contributed by atoms with E-state index in [0.717, 1.165) is 19.3 Å². The smallest absolute Gasteiger partial charge is 0.143 e. The van der Waals surface area contributed by atoms with Gasteiger partial charge in [0.25, 0.3) is 0 Å². The standard InChI is InChI=1S/C16H18BrF2NS/c1-20-11(4-2-5-12-6-3-9-21-12)10-13-15(18)8-7-14(17)16(13)19/h3,6-9,11,20H,2,4-5,10H2,1H3. The first-order valence-electron chi connectivity index (χ1n) is 6.94. The third-order valence-corrected chi connectivity index (χ3v) is 5.10. The van der Waals surface area contributed by atoms with Crippen LogP contribution < -0.4 is 5.32 Å². The Morgan fingerprint density at radius 3 is 2.76 bits per heavy atom. The maximum absolute atomic E-state index is 14.0. The minimum absolute atomic E-state index is 0.0725. The van der Waals surface area contributed by atoms with E-state index in [0.29, 0.717) is 10.9 Å². The highest BCUT2D eigenvalue weighted by atomic mass is 79.9. The lowest BCUT2D eigenvalue weighted by molar-refractivity contribution is 0.471. The van der Waals surface area contributed by atoms with Crippen molar-refractivity contribution in [3.05, 3.63) is 56.2 Å². The lowest BCUT2D eigenvalue weighted by Crippen LogP contribution is -2.28. The van der Waals surface area contributed by atoms with Gasteiger partial charge in [0.05, 0.1) is 4.47 Å². The molecule has 1 aromatic carbocycles. The summed E-state index contributed by atoms with van der Waals surface area (Å²) in [7, 11) is 1.84. The minimum Gasteiger partial charge on any atom is -0.317 e. The van der Waals surface area contributed by atoms with Gasteiger partial charge in [0.2, 0.25) is 0 Å². The predicted molar refractivity (Wildman–Crippen MR) is 87.9 cm³/mol. The zero-order valence-electron chi connectivity index (χ0n) is 11.8. The summed E-state index contributed by atoms with van der Waals surface area (Å²) in [6.45, 7) is 0.